The van der Waals surface area contributed by atoms with E-state index in [4.69, 9.17) is 0 Å². The first-order chi connectivity index (χ1) is 7.25. The van der Waals surface area contributed by atoms with Crippen molar-refractivity contribution in [3.8, 4) is 0 Å². The molecule has 1 rings (SSSR count). The van der Waals surface area contributed by atoms with Crippen molar-refractivity contribution >= 4 is 0 Å². The van der Waals surface area contributed by atoms with Gasteiger partial charge in [0.2, 0.25) is 0 Å². The molecule has 0 radical (unpaired) electrons. The normalized spacial score (nSPS) is 26.8. The van der Waals surface area contributed by atoms with Crippen molar-refractivity contribution in [1.82, 2.24) is 10.2 Å². The van der Waals surface area contributed by atoms with E-state index in [0.717, 1.165) is 6.54 Å². The van der Waals surface area contributed by atoms with Gasteiger partial charge in [-0.15, -0.1) is 0 Å². The van der Waals surface area contributed by atoms with Crippen LogP contribution in [0.15, 0.2) is 0 Å². The summed E-state index contributed by atoms with van der Waals surface area (Å²) in [5.74, 6) is 0. The number of nitrogens with one attached hydrogen (secondary N) is 1. The molecule has 0 amide bonds. The molecule has 0 aliphatic carbocycles. The fourth-order valence-corrected chi connectivity index (χ4v) is 3.40. The van der Waals surface area contributed by atoms with Gasteiger partial charge in [0.1, 0.15) is 0 Å². The first kappa shape index (κ1) is 13.0. The molecule has 1 unspecified atom stereocenters. The maximum Gasteiger partial charge on any atom is 0.0357 e. The van der Waals surface area contributed by atoms with Gasteiger partial charge in [-0.3, -0.25) is 4.90 Å². The highest BCUT2D eigenvalue weighted by Gasteiger charge is 2.42. The largest absolute Gasteiger partial charge is 0.312 e. The Bertz CT molecular complexity index is 173. The van der Waals surface area contributed by atoms with Crippen LogP contribution in [0, 0.1) is 0 Å². The molecule has 0 bridgehead atoms. The first-order valence-electron chi connectivity index (χ1n) is 6.73. The van der Waals surface area contributed by atoms with Gasteiger partial charge in [-0.1, -0.05) is 27.7 Å². The van der Waals surface area contributed by atoms with Crippen LogP contribution in [0.4, 0.5) is 0 Å². The van der Waals surface area contributed by atoms with Crippen LogP contribution in [0.3, 0.4) is 0 Å². The van der Waals surface area contributed by atoms with Crippen LogP contribution in [0.25, 0.3) is 0 Å². The van der Waals surface area contributed by atoms with Crippen molar-refractivity contribution in [1.29, 1.82) is 0 Å². The van der Waals surface area contributed by atoms with Gasteiger partial charge in [0, 0.05) is 11.6 Å². The lowest BCUT2D eigenvalue weighted by atomic mass is 9.77. The van der Waals surface area contributed by atoms with E-state index in [1.807, 2.05) is 0 Å². The van der Waals surface area contributed by atoms with Gasteiger partial charge in [0.15, 0.2) is 0 Å². The molecule has 0 saturated carbocycles. The highest BCUT2D eigenvalue weighted by molar-refractivity contribution is 5.01. The number of rotatable bonds is 5. The van der Waals surface area contributed by atoms with Crippen LogP contribution < -0.4 is 5.32 Å². The maximum atomic E-state index is 3.70. The lowest BCUT2D eigenvalue weighted by Crippen LogP contribution is -2.63. The van der Waals surface area contributed by atoms with Crippen molar-refractivity contribution in [3.63, 3.8) is 0 Å². The predicted octanol–water partition coefficient (Wildman–Crippen LogP) is 2.64. The van der Waals surface area contributed by atoms with E-state index in [9.17, 15) is 0 Å². The van der Waals surface area contributed by atoms with E-state index in [-0.39, 0.29) is 0 Å². The second kappa shape index (κ2) is 5.86. The lowest BCUT2D eigenvalue weighted by molar-refractivity contribution is 0.0122. The van der Waals surface area contributed by atoms with E-state index in [1.54, 1.807) is 0 Å². The summed E-state index contributed by atoms with van der Waals surface area (Å²) in [5, 5.41) is 3.70. The first-order valence-corrected chi connectivity index (χ1v) is 6.73. The number of hydrogen-bond acceptors (Lipinski definition) is 2. The molecule has 0 aromatic heterocycles. The van der Waals surface area contributed by atoms with Gasteiger partial charge < -0.3 is 5.32 Å². The Kier molecular flexibility index (Phi) is 5.07. The number of likely N-dealkylation sites (tertiary alicyclic amines) is 1. The van der Waals surface area contributed by atoms with Gasteiger partial charge in [-0.2, -0.15) is 0 Å². The van der Waals surface area contributed by atoms with E-state index in [1.165, 1.54) is 38.8 Å². The van der Waals surface area contributed by atoms with Gasteiger partial charge in [0.25, 0.3) is 0 Å². The summed E-state index contributed by atoms with van der Waals surface area (Å²) in [5.41, 5.74) is 0.420. The van der Waals surface area contributed by atoms with Gasteiger partial charge in [0.05, 0.1) is 0 Å². The third-order valence-corrected chi connectivity index (χ3v) is 4.26. The van der Waals surface area contributed by atoms with Crippen LogP contribution in [0.5, 0.6) is 0 Å². The minimum absolute atomic E-state index is 0.420. The molecule has 0 aromatic carbocycles. The summed E-state index contributed by atoms with van der Waals surface area (Å²) in [6.07, 6.45) is 5.25. The average molecular weight is 212 g/mol. The number of nitrogens with zero attached hydrogens (tertiary/aromatic N) is 1. The van der Waals surface area contributed by atoms with Crippen molar-refractivity contribution in [2.24, 2.45) is 0 Å². The second-order valence-electron chi connectivity index (χ2n) is 4.64. The van der Waals surface area contributed by atoms with Crippen molar-refractivity contribution in [2.45, 2.75) is 65.0 Å². The molecule has 0 spiro atoms. The summed E-state index contributed by atoms with van der Waals surface area (Å²) in [7, 11) is 0. The van der Waals surface area contributed by atoms with Gasteiger partial charge >= 0.3 is 0 Å². The molecule has 1 saturated heterocycles. The third-order valence-electron chi connectivity index (χ3n) is 4.26. The molecular formula is C13H28N2. The Balaban J connectivity index is 2.83. The van der Waals surface area contributed by atoms with Crippen LogP contribution in [0.2, 0.25) is 0 Å². The molecule has 1 N–H and O–H groups in total. The van der Waals surface area contributed by atoms with Crippen LogP contribution in [-0.4, -0.2) is 36.1 Å². The maximum absolute atomic E-state index is 3.70. The topological polar surface area (TPSA) is 15.3 Å². The second-order valence-corrected chi connectivity index (χ2v) is 4.64. The summed E-state index contributed by atoms with van der Waals surface area (Å²) in [6.45, 7) is 12.8. The molecule has 1 fully saturated rings. The van der Waals surface area contributed by atoms with Crippen molar-refractivity contribution < 1.29 is 0 Å². The predicted molar refractivity (Wildman–Crippen MR) is 67.3 cm³/mol. The Labute approximate surface area is 95.4 Å². The molecule has 15 heavy (non-hydrogen) atoms. The van der Waals surface area contributed by atoms with E-state index < -0.39 is 0 Å². The van der Waals surface area contributed by atoms with Crippen LogP contribution in [0.1, 0.15) is 53.4 Å². The Morgan fingerprint density at radius 2 is 1.87 bits per heavy atom. The summed E-state index contributed by atoms with van der Waals surface area (Å²) in [6, 6.07) is 0.700. The Hall–Kier alpha value is -0.0800. The summed E-state index contributed by atoms with van der Waals surface area (Å²) >= 11 is 0. The molecule has 1 aliphatic heterocycles. The van der Waals surface area contributed by atoms with E-state index in [2.05, 4.69) is 37.9 Å². The van der Waals surface area contributed by atoms with Gasteiger partial charge in [-0.25, -0.2) is 0 Å². The monoisotopic (exact) mass is 212 g/mol. The fraction of sp³-hybridized carbons (Fsp3) is 1.00. The molecule has 2 nitrogen and oxygen atoms in total. The zero-order valence-corrected chi connectivity index (χ0v) is 11.0. The van der Waals surface area contributed by atoms with E-state index >= 15 is 0 Å². The number of hydrogen-bond donors (Lipinski definition) is 1. The van der Waals surface area contributed by atoms with Crippen LogP contribution >= 0.6 is 0 Å². The average Bonchev–Trinajstić information content (AvgIpc) is 2.29. The SMILES string of the molecule is CCNC1CCCN(CC)C1(CC)CC. The third kappa shape index (κ3) is 2.36. The summed E-state index contributed by atoms with van der Waals surface area (Å²) < 4.78 is 0. The molecule has 1 atom stereocenters. The highest BCUT2D eigenvalue weighted by Crippen LogP contribution is 2.34. The molecule has 0 aromatic rings. The Morgan fingerprint density at radius 1 is 1.20 bits per heavy atom. The standard InChI is InChI=1S/C13H28N2/c1-5-13(6-2)12(14-7-3)10-9-11-15(13)8-4/h12,14H,5-11H2,1-4H3. The molecule has 2 heteroatoms. The molecular weight excluding hydrogens is 184 g/mol. The fourth-order valence-electron chi connectivity index (χ4n) is 3.40. The minimum Gasteiger partial charge on any atom is -0.312 e. The lowest BCUT2D eigenvalue weighted by Gasteiger charge is -2.52. The van der Waals surface area contributed by atoms with E-state index in [0.29, 0.717) is 11.6 Å². The Morgan fingerprint density at radius 3 is 2.33 bits per heavy atom. The summed E-state index contributed by atoms with van der Waals surface area (Å²) in [4.78, 5) is 2.70. The van der Waals surface area contributed by atoms with Crippen molar-refractivity contribution in [3.05, 3.63) is 0 Å². The van der Waals surface area contributed by atoms with Crippen molar-refractivity contribution in [2.75, 3.05) is 19.6 Å². The number of piperidine rings is 1. The number of likely N-dealkylation sites (N-methyl/N-ethyl adjacent to an activating group) is 2. The molecule has 90 valence electrons. The minimum atomic E-state index is 0.420. The van der Waals surface area contributed by atoms with Gasteiger partial charge in [-0.05, 0) is 45.3 Å². The molecule has 1 heterocycles. The van der Waals surface area contributed by atoms with Crippen LogP contribution in [-0.2, 0) is 0 Å². The molecule has 1 aliphatic rings. The zero-order valence-electron chi connectivity index (χ0n) is 11.0. The quantitative estimate of drug-likeness (QED) is 0.753. The smallest absolute Gasteiger partial charge is 0.0357 e. The highest BCUT2D eigenvalue weighted by atomic mass is 15.2. The zero-order chi connectivity index (χ0) is 11.3.